The van der Waals surface area contributed by atoms with E-state index in [-0.39, 0.29) is 11.3 Å². The van der Waals surface area contributed by atoms with Gasteiger partial charge in [-0.15, -0.1) is 0 Å². The first-order chi connectivity index (χ1) is 15.1. The third-order valence-corrected chi connectivity index (χ3v) is 7.89. The van der Waals surface area contributed by atoms with Gasteiger partial charge in [0.1, 0.15) is 0 Å². The van der Waals surface area contributed by atoms with Crippen molar-refractivity contribution in [1.82, 2.24) is 21.2 Å². The van der Waals surface area contributed by atoms with E-state index in [1.807, 2.05) is 0 Å². The molecule has 3 atom stereocenters. The first-order valence-electron chi connectivity index (χ1n) is 9.40. The van der Waals surface area contributed by atoms with Crippen molar-refractivity contribution in [3.05, 3.63) is 102 Å². The minimum absolute atomic E-state index is 0.0364. The number of hydrazine groups is 1. The summed E-state index contributed by atoms with van der Waals surface area (Å²) in [6.07, 6.45) is 1.28. The van der Waals surface area contributed by atoms with Crippen LogP contribution in [0.5, 0.6) is 0 Å². The van der Waals surface area contributed by atoms with Gasteiger partial charge in [0, 0.05) is 6.20 Å². The molecule has 0 saturated carbocycles. The average molecular weight is 477 g/mol. The first-order valence-corrected chi connectivity index (χ1v) is 12.3. The highest BCUT2D eigenvalue weighted by Crippen LogP contribution is 2.45. The van der Waals surface area contributed by atoms with Gasteiger partial charge in [-0.25, -0.2) is 10.9 Å². The van der Waals surface area contributed by atoms with Crippen LogP contribution in [-0.4, -0.2) is 30.9 Å². The standard InChI is InChI=1S/C20H20N4O6S2/c25-31(26,27)19(16-11-5-2-6-12-16)18(15-9-3-1-4-10-15)22-24-20(23-19,32(28,29)30)17-13-7-8-14-21-17/h1-14,18,22-24H,(H,25,26,27)(H,28,29,30). The number of hydrogen-bond donors (Lipinski definition) is 5. The monoisotopic (exact) mass is 476 g/mol. The molecule has 2 aromatic carbocycles. The van der Waals surface area contributed by atoms with Gasteiger partial charge in [-0.1, -0.05) is 66.7 Å². The third kappa shape index (κ3) is 3.51. The molecule has 32 heavy (non-hydrogen) atoms. The minimum atomic E-state index is -5.11. The quantitative estimate of drug-likeness (QED) is 0.340. The first kappa shape index (κ1) is 22.5. The molecule has 1 aromatic heterocycles. The Morgan fingerprint density at radius 1 is 0.781 bits per heavy atom. The van der Waals surface area contributed by atoms with Crippen molar-refractivity contribution < 1.29 is 25.9 Å². The molecule has 0 radical (unpaired) electrons. The molecule has 2 heterocycles. The summed E-state index contributed by atoms with van der Waals surface area (Å²) in [6.45, 7) is 0. The summed E-state index contributed by atoms with van der Waals surface area (Å²) in [7, 11) is -10.2. The lowest BCUT2D eigenvalue weighted by molar-refractivity contribution is 0.122. The summed E-state index contributed by atoms with van der Waals surface area (Å²) in [6, 6.07) is 18.9. The molecule has 12 heteroatoms. The lowest BCUT2D eigenvalue weighted by Gasteiger charge is -2.50. The normalized spacial score (nSPS) is 26.5. The van der Waals surface area contributed by atoms with E-state index >= 15 is 0 Å². The van der Waals surface area contributed by atoms with Gasteiger partial charge in [0.05, 0.1) is 11.7 Å². The molecule has 10 nitrogen and oxygen atoms in total. The minimum Gasteiger partial charge on any atom is -0.284 e. The van der Waals surface area contributed by atoms with Crippen LogP contribution < -0.4 is 16.2 Å². The highest BCUT2D eigenvalue weighted by molar-refractivity contribution is 7.87. The number of pyridine rings is 1. The van der Waals surface area contributed by atoms with E-state index in [1.165, 1.54) is 36.5 Å². The summed E-state index contributed by atoms with van der Waals surface area (Å²) in [5, 5.41) is 2.53. The van der Waals surface area contributed by atoms with Gasteiger partial charge in [0.15, 0.2) is 4.87 Å². The molecule has 168 valence electrons. The van der Waals surface area contributed by atoms with Crippen molar-refractivity contribution in [3.8, 4) is 0 Å². The van der Waals surface area contributed by atoms with Crippen LogP contribution in [-0.2, 0) is 30.1 Å². The van der Waals surface area contributed by atoms with Crippen LogP contribution >= 0.6 is 0 Å². The van der Waals surface area contributed by atoms with E-state index in [0.29, 0.717) is 5.56 Å². The maximum Gasteiger partial charge on any atom is 0.305 e. The fourth-order valence-electron chi connectivity index (χ4n) is 3.85. The van der Waals surface area contributed by atoms with Gasteiger partial charge < -0.3 is 0 Å². The Kier molecular flexibility index (Phi) is 5.63. The zero-order valence-electron chi connectivity index (χ0n) is 16.5. The highest BCUT2D eigenvalue weighted by Gasteiger charge is 2.64. The maximum absolute atomic E-state index is 13.1. The van der Waals surface area contributed by atoms with Gasteiger partial charge >= 0.3 is 10.1 Å². The lowest BCUT2D eigenvalue weighted by atomic mass is 9.91. The van der Waals surface area contributed by atoms with Crippen molar-refractivity contribution in [2.75, 3.05) is 0 Å². The molecule has 1 saturated heterocycles. The molecule has 0 aliphatic carbocycles. The van der Waals surface area contributed by atoms with Crippen LogP contribution in [0.1, 0.15) is 22.9 Å². The summed E-state index contributed by atoms with van der Waals surface area (Å²) in [4.78, 5) is -1.07. The number of nitrogens with one attached hydrogen (secondary N) is 3. The van der Waals surface area contributed by atoms with E-state index in [4.69, 9.17) is 0 Å². The summed E-state index contributed by atoms with van der Waals surface area (Å²) in [5.41, 5.74) is 5.40. The Labute approximate surface area is 185 Å². The summed E-state index contributed by atoms with van der Waals surface area (Å²) in [5.74, 6) is 0. The molecule has 1 aliphatic rings. The maximum atomic E-state index is 13.1. The van der Waals surface area contributed by atoms with Gasteiger partial charge in [0.2, 0.25) is 0 Å². The molecule has 0 bridgehead atoms. The van der Waals surface area contributed by atoms with Crippen molar-refractivity contribution in [1.29, 1.82) is 0 Å². The molecule has 1 aliphatic heterocycles. The second-order valence-corrected chi connectivity index (χ2v) is 10.3. The van der Waals surface area contributed by atoms with E-state index in [1.54, 1.807) is 48.5 Å². The predicted molar refractivity (Wildman–Crippen MR) is 116 cm³/mol. The number of rotatable bonds is 5. The predicted octanol–water partition coefficient (Wildman–Crippen LogP) is 1.26. The molecule has 1 fully saturated rings. The summed E-state index contributed by atoms with van der Waals surface area (Å²) >= 11 is 0. The number of aromatic nitrogens is 1. The molecular weight excluding hydrogens is 456 g/mol. The molecule has 5 N–H and O–H groups in total. The lowest BCUT2D eigenvalue weighted by Crippen LogP contribution is -2.77. The SMILES string of the molecule is O=S(=O)(O)C1(c2ccccn2)NNC(c2ccccc2)C(c2ccccc2)(S(=O)(=O)O)N1. The van der Waals surface area contributed by atoms with Crippen molar-refractivity contribution in [2.45, 2.75) is 15.9 Å². The number of hydrogen-bond acceptors (Lipinski definition) is 8. The van der Waals surface area contributed by atoms with E-state index in [9.17, 15) is 25.9 Å². The Hall–Kier alpha value is -2.71. The Morgan fingerprint density at radius 3 is 1.91 bits per heavy atom. The molecule has 4 rings (SSSR count). The van der Waals surface area contributed by atoms with Crippen LogP contribution in [0.15, 0.2) is 85.1 Å². The Balaban J connectivity index is 2.06. The second-order valence-electron chi connectivity index (χ2n) is 7.19. The fourth-order valence-corrected chi connectivity index (χ4v) is 5.99. The average Bonchev–Trinajstić information content (AvgIpc) is 2.79. The van der Waals surface area contributed by atoms with Crippen molar-refractivity contribution >= 4 is 20.2 Å². The van der Waals surface area contributed by atoms with E-state index in [0.717, 1.165) is 0 Å². The molecule has 3 unspecified atom stereocenters. The Bertz CT molecular complexity index is 1310. The number of nitrogens with zero attached hydrogens (tertiary/aromatic N) is 1. The van der Waals surface area contributed by atoms with Crippen molar-refractivity contribution in [2.24, 2.45) is 0 Å². The second kappa shape index (κ2) is 8.01. The van der Waals surface area contributed by atoms with Crippen molar-refractivity contribution in [3.63, 3.8) is 0 Å². The highest BCUT2D eigenvalue weighted by atomic mass is 32.2. The summed E-state index contributed by atoms with van der Waals surface area (Å²) < 4.78 is 72.3. The van der Waals surface area contributed by atoms with Gasteiger partial charge in [-0.05, 0) is 23.3 Å². The van der Waals surface area contributed by atoms with Crippen LogP contribution in [0.4, 0.5) is 0 Å². The topological polar surface area (TPSA) is 158 Å². The Morgan fingerprint density at radius 2 is 1.38 bits per heavy atom. The van der Waals surface area contributed by atoms with Crippen LogP contribution in [0, 0.1) is 0 Å². The fraction of sp³-hybridized carbons (Fsp3) is 0.150. The van der Waals surface area contributed by atoms with Gasteiger partial charge in [-0.2, -0.15) is 16.8 Å². The largest absolute Gasteiger partial charge is 0.305 e. The van der Waals surface area contributed by atoms with E-state index in [2.05, 4.69) is 21.2 Å². The smallest absolute Gasteiger partial charge is 0.284 e. The van der Waals surface area contributed by atoms with E-state index < -0.39 is 36.1 Å². The van der Waals surface area contributed by atoms with Gasteiger partial charge in [-0.3, -0.25) is 19.4 Å². The molecule has 0 spiro atoms. The van der Waals surface area contributed by atoms with Crippen LogP contribution in [0.25, 0.3) is 0 Å². The van der Waals surface area contributed by atoms with Crippen LogP contribution in [0.2, 0.25) is 0 Å². The van der Waals surface area contributed by atoms with Gasteiger partial charge in [0.25, 0.3) is 15.1 Å². The molecule has 3 aromatic rings. The number of benzene rings is 2. The third-order valence-electron chi connectivity index (χ3n) is 5.32. The zero-order valence-corrected chi connectivity index (χ0v) is 18.1. The van der Waals surface area contributed by atoms with Crippen LogP contribution in [0.3, 0.4) is 0 Å². The molecular formula is C20H20N4O6S2. The molecule has 0 amide bonds. The zero-order chi connectivity index (χ0) is 23.0.